The zero-order valence-corrected chi connectivity index (χ0v) is 16.0. The Bertz CT molecular complexity index is 994. The molecule has 2 N–H and O–H groups in total. The molecule has 5 nitrogen and oxygen atoms in total. The maximum atomic E-state index is 11.0. The average molecular weight is 363 g/mol. The lowest BCUT2D eigenvalue weighted by atomic mass is 9.90. The van der Waals surface area contributed by atoms with Gasteiger partial charge in [-0.1, -0.05) is 6.07 Å². The highest BCUT2D eigenvalue weighted by Crippen LogP contribution is 2.34. The number of ether oxygens (including phenoxy) is 1. The molecule has 140 valence electrons. The zero-order valence-electron chi connectivity index (χ0n) is 16.0. The lowest BCUT2D eigenvalue weighted by molar-refractivity contribution is 0.00849. The summed E-state index contributed by atoms with van der Waals surface area (Å²) in [6.45, 7) is 5.58. The quantitative estimate of drug-likeness (QED) is 0.746. The van der Waals surface area contributed by atoms with Crippen molar-refractivity contribution in [3.8, 4) is 17.0 Å². The fourth-order valence-electron chi connectivity index (χ4n) is 3.92. The first-order valence-electron chi connectivity index (χ1n) is 9.37. The Hall–Kier alpha value is -2.50. The van der Waals surface area contributed by atoms with Crippen molar-refractivity contribution in [1.82, 2.24) is 15.3 Å². The minimum absolute atomic E-state index is 0.524. The smallest absolute Gasteiger partial charge is 0.160 e. The van der Waals surface area contributed by atoms with Crippen LogP contribution in [0.2, 0.25) is 0 Å². The van der Waals surface area contributed by atoms with Gasteiger partial charge in [-0.3, -0.25) is 0 Å². The number of aromatic nitrogens is 2. The minimum atomic E-state index is -0.929. The minimum Gasteiger partial charge on any atom is -0.496 e. The molecule has 1 saturated heterocycles. The molecule has 1 atom stereocenters. The molecule has 0 radical (unpaired) electrons. The maximum absolute atomic E-state index is 11.0. The normalized spacial score (nSPS) is 20.0. The first kappa shape index (κ1) is 17.9. The fourth-order valence-corrected chi connectivity index (χ4v) is 3.92. The summed E-state index contributed by atoms with van der Waals surface area (Å²) < 4.78 is 5.60. The lowest BCUT2D eigenvalue weighted by Gasteiger charge is -2.32. The van der Waals surface area contributed by atoms with Crippen LogP contribution in [0.5, 0.6) is 5.75 Å². The van der Waals surface area contributed by atoms with Crippen LogP contribution >= 0.6 is 0 Å². The SMILES string of the molecule is COc1cc(C)cc(C)c1-c1ccc2ccc(C3(O)CCCNC3)nc2n1. The van der Waals surface area contributed by atoms with E-state index < -0.39 is 5.60 Å². The number of aryl methyl sites for hydroxylation is 2. The molecular formula is C22H25N3O2. The summed E-state index contributed by atoms with van der Waals surface area (Å²) in [5, 5.41) is 15.2. The Morgan fingerprint density at radius 3 is 2.67 bits per heavy atom. The predicted molar refractivity (Wildman–Crippen MR) is 107 cm³/mol. The van der Waals surface area contributed by atoms with Gasteiger partial charge in [0.05, 0.1) is 18.5 Å². The van der Waals surface area contributed by atoms with Crippen molar-refractivity contribution in [2.75, 3.05) is 20.2 Å². The van der Waals surface area contributed by atoms with Crippen LogP contribution in [0.25, 0.3) is 22.3 Å². The lowest BCUT2D eigenvalue weighted by Crippen LogP contribution is -2.43. The molecule has 1 aliphatic heterocycles. The molecule has 27 heavy (non-hydrogen) atoms. The molecule has 1 aliphatic rings. The van der Waals surface area contributed by atoms with Crippen LogP contribution in [0.3, 0.4) is 0 Å². The number of hydrogen-bond acceptors (Lipinski definition) is 5. The van der Waals surface area contributed by atoms with E-state index in [0.717, 1.165) is 46.5 Å². The van der Waals surface area contributed by atoms with Gasteiger partial charge in [0.25, 0.3) is 0 Å². The highest BCUT2D eigenvalue weighted by molar-refractivity contribution is 5.81. The summed E-state index contributed by atoms with van der Waals surface area (Å²) in [6, 6.07) is 12.1. The number of piperidine rings is 1. The van der Waals surface area contributed by atoms with Gasteiger partial charge in [-0.25, -0.2) is 9.97 Å². The van der Waals surface area contributed by atoms with Crippen molar-refractivity contribution < 1.29 is 9.84 Å². The highest BCUT2D eigenvalue weighted by atomic mass is 16.5. The van der Waals surface area contributed by atoms with Gasteiger partial charge in [0.2, 0.25) is 0 Å². The molecular weight excluding hydrogens is 338 g/mol. The van der Waals surface area contributed by atoms with Gasteiger partial charge in [0, 0.05) is 17.5 Å². The van der Waals surface area contributed by atoms with E-state index in [2.05, 4.69) is 25.2 Å². The number of benzene rings is 1. The van der Waals surface area contributed by atoms with Crippen molar-refractivity contribution in [2.45, 2.75) is 32.3 Å². The Morgan fingerprint density at radius 1 is 1.11 bits per heavy atom. The van der Waals surface area contributed by atoms with Crippen molar-refractivity contribution >= 4 is 11.0 Å². The molecule has 5 heteroatoms. The van der Waals surface area contributed by atoms with E-state index in [4.69, 9.17) is 14.7 Å². The second kappa shape index (κ2) is 6.91. The molecule has 0 aliphatic carbocycles. The second-order valence-corrected chi connectivity index (χ2v) is 7.41. The van der Waals surface area contributed by atoms with E-state index in [1.165, 1.54) is 0 Å². The van der Waals surface area contributed by atoms with Crippen molar-refractivity contribution in [3.05, 3.63) is 53.2 Å². The highest BCUT2D eigenvalue weighted by Gasteiger charge is 2.32. The van der Waals surface area contributed by atoms with Crippen LogP contribution in [0.15, 0.2) is 36.4 Å². The van der Waals surface area contributed by atoms with Crippen molar-refractivity contribution in [2.24, 2.45) is 0 Å². The summed E-state index contributed by atoms with van der Waals surface area (Å²) in [6.07, 6.45) is 1.65. The van der Waals surface area contributed by atoms with Gasteiger partial charge in [0.15, 0.2) is 5.65 Å². The van der Waals surface area contributed by atoms with Crippen LogP contribution in [-0.2, 0) is 5.60 Å². The summed E-state index contributed by atoms with van der Waals surface area (Å²) in [5.74, 6) is 0.811. The van der Waals surface area contributed by atoms with Crippen molar-refractivity contribution in [1.29, 1.82) is 0 Å². The third-order valence-electron chi connectivity index (χ3n) is 5.31. The predicted octanol–water partition coefficient (Wildman–Crippen LogP) is 3.49. The van der Waals surface area contributed by atoms with Crippen LogP contribution in [0.1, 0.15) is 29.7 Å². The summed E-state index contributed by atoms with van der Waals surface area (Å²) in [7, 11) is 1.68. The van der Waals surface area contributed by atoms with Gasteiger partial charge in [-0.15, -0.1) is 0 Å². The van der Waals surface area contributed by atoms with Crippen LogP contribution in [0, 0.1) is 13.8 Å². The summed E-state index contributed by atoms with van der Waals surface area (Å²) in [4.78, 5) is 9.53. The van der Waals surface area contributed by atoms with E-state index in [0.29, 0.717) is 24.3 Å². The molecule has 2 aromatic heterocycles. The topological polar surface area (TPSA) is 67.3 Å². The number of rotatable bonds is 3. The molecule has 0 spiro atoms. The van der Waals surface area contributed by atoms with E-state index in [1.54, 1.807) is 7.11 Å². The zero-order chi connectivity index (χ0) is 19.0. The molecule has 1 aromatic carbocycles. The number of fused-ring (bicyclic) bond motifs is 1. The third kappa shape index (κ3) is 3.29. The first-order valence-corrected chi connectivity index (χ1v) is 9.37. The Balaban J connectivity index is 1.83. The summed E-state index contributed by atoms with van der Waals surface area (Å²) in [5.41, 5.74) is 4.48. The fraction of sp³-hybridized carbons (Fsp3) is 0.364. The van der Waals surface area contributed by atoms with Crippen LogP contribution in [0.4, 0.5) is 0 Å². The van der Waals surface area contributed by atoms with E-state index >= 15 is 0 Å². The van der Waals surface area contributed by atoms with Gasteiger partial charge in [0.1, 0.15) is 11.4 Å². The molecule has 0 bridgehead atoms. The van der Waals surface area contributed by atoms with Gasteiger partial charge < -0.3 is 15.2 Å². The number of pyridine rings is 2. The third-order valence-corrected chi connectivity index (χ3v) is 5.31. The first-order chi connectivity index (χ1) is 13.0. The molecule has 1 fully saturated rings. The summed E-state index contributed by atoms with van der Waals surface area (Å²) >= 11 is 0. The van der Waals surface area contributed by atoms with Crippen LogP contribution in [-0.4, -0.2) is 35.3 Å². The van der Waals surface area contributed by atoms with Gasteiger partial charge in [-0.05, 0) is 74.7 Å². The number of nitrogens with zero attached hydrogens (tertiary/aromatic N) is 2. The van der Waals surface area contributed by atoms with Gasteiger partial charge in [-0.2, -0.15) is 0 Å². The number of hydrogen-bond donors (Lipinski definition) is 2. The number of aliphatic hydroxyl groups is 1. The Kier molecular flexibility index (Phi) is 4.58. The van der Waals surface area contributed by atoms with Crippen molar-refractivity contribution in [3.63, 3.8) is 0 Å². The van der Waals surface area contributed by atoms with E-state index in [1.807, 2.05) is 30.3 Å². The largest absolute Gasteiger partial charge is 0.496 e. The Labute approximate surface area is 159 Å². The van der Waals surface area contributed by atoms with E-state index in [-0.39, 0.29) is 0 Å². The average Bonchev–Trinajstić information content (AvgIpc) is 2.67. The second-order valence-electron chi connectivity index (χ2n) is 7.41. The molecule has 4 rings (SSSR count). The Morgan fingerprint density at radius 2 is 1.93 bits per heavy atom. The van der Waals surface area contributed by atoms with Gasteiger partial charge >= 0.3 is 0 Å². The van der Waals surface area contributed by atoms with Crippen LogP contribution < -0.4 is 10.1 Å². The monoisotopic (exact) mass is 363 g/mol. The number of methoxy groups -OCH3 is 1. The number of β-amino-alcohol motifs (C(OH)–C–C–N with tert-alkyl or cyclic N) is 1. The van der Waals surface area contributed by atoms with E-state index in [9.17, 15) is 5.11 Å². The maximum Gasteiger partial charge on any atom is 0.160 e. The molecule has 3 heterocycles. The molecule has 0 amide bonds. The molecule has 3 aromatic rings. The standard InChI is InChI=1S/C22H25N3O2/c1-14-11-15(2)20(18(12-14)27-3)17-7-5-16-6-8-19(25-21(16)24-17)22(26)9-4-10-23-13-22/h5-8,11-12,23,26H,4,9-10,13H2,1-3H3. The molecule has 1 unspecified atom stereocenters. The number of nitrogens with one attached hydrogen (secondary N) is 1. The molecule has 0 saturated carbocycles.